The summed E-state index contributed by atoms with van der Waals surface area (Å²) >= 11 is 2.02. The Morgan fingerprint density at radius 3 is 2.35 bits per heavy atom. The Balaban J connectivity index is 2.37. The lowest BCUT2D eigenvalue weighted by molar-refractivity contribution is 0.295. The third kappa shape index (κ3) is 5.60. The van der Waals surface area contributed by atoms with Crippen molar-refractivity contribution < 1.29 is 0 Å². The van der Waals surface area contributed by atoms with Gasteiger partial charge in [0, 0.05) is 17.5 Å². The van der Waals surface area contributed by atoms with Crippen molar-refractivity contribution in [2.75, 3.05) is 12.3 Å². The third-order valence-corrected chi connectivity index (χ3v) is 4.00. The van der Waals surface area contributed by atoms with E-state index in [-0.39, 0.29) is 0 Å². The molecule has 0 bridgehead atoms. The molecular weight excluding hydrogens is 226 g/mol. The van der Waals surface area contributed by atoms with E-state index < -0.39 is 0 Å². The number of hydrogen-bond donors (Lipinski definition) is 1. The molecule has 0 aliphatic heterocycles. The molecule has 0 spiro atoms. The van der Waals surface area contributed by atoms with Gasteiger partial charge in [-0.1, -0.05) is 58.0 Å². The van der Waals surface area contributed by atoms with Gasteiger partial charge in [0.05, 0.1) is 0 Å². The molecule has 0 aliphatic rings. The zero-order valence-corrected chi connectivity index (χ0v) is 12.3. The Labute approximate surface area is 110 Å². The van der Waals surface area contributed by atoms with Crippen LogP contribution in [0.2, 0.25) is 0 Å². The van der Waals surface area contributed by atoms with Crippen LogP contribution in [0.1, 0.15) is 33.3 Å². The molecule has 0 saturated heterocycles. The number of hydrogen-bond acceptors (Lipinski definition) is 2. The van der Waals surface area contributed by atoms with Crippen molar-refractivity contribution in [1.82, 2.24) is 5.32 Å². The Kier molecular flexibility index (Phi) is 6.07. The lowest BCUT2D eigenvalue weighted by Gasteiger charge is -2.31. The molecule has 1 aromatic carbocycles. The summed E-state index contributed by atoms with van der Waals surface area (Å²) in [5, 5.41) is 3.59. The molecule has 1 unspecified atom stereocenters. The van der Waals surface area contributed by atoms with Crippen LogP contribution in [0.4, 0.5) is 0 Å². The fourth-order valence-corrected chi connectivity index (χ4v) is 3.13. The van der Waals surface area contributed by atoms with Gasteiger partial charge in [-0.3, -0.25) is 0 Å². The highest BCUT2D eigenvalue weighted by Crippen LogP contribution is 2.24. The van der Waals surface area contributed by atoms with Crippen molar-refractivity contribution in [3.63, 3.8) is 0 Å². The Bertz CT molecular complexity index is 302. The van der Waals surface area contributed by atoms with E-state index in [2.05, 4.69) is 63.3 Å². The highest BCUT2D eigenvalue weighted by Gasteiger charge is 2.23. The van der Waals surface area contributed by atoms with Gasteiger partial charge in [-0.25, -0.2) is 0 Å². The van der Waals surface area contributed by atoms with Crippen LogP contribution in [0.3, 0.4) is 0 Å². The predicted molar refractivity (Wildman–Crippen MR) is 79.5 cm³/mol. The second-order valence-corrected chi connectivity index (χ2v) is 6.51. The first kappa shape index (κ1) is 14.6. The Morgan fingerprint density at radius 1 is 1.18 bits per heavy atom. The molecule has 96 valence electrons. The van der Waals surface area contributed by atoms with Crippen molar-refractivity contribution in [2.24, 2.45) is 5.41 Å². The van der Waals surface area contributed by atoms with Gasteiger partial charge in [-0.2, -0.15) is 11.8 Å². The quantitative estimate of drug-likeness (QED) is 0.822. The zero-order valence-electron chi connectivity index (χ0n) is 11.5. The lowest BCUT2D eigenvalue weighted by atomic mass is 9.88. The second-order valence-electron chi connectivity index (χ2n) is 5.48. The average molecular weight is 251 g/mol. The summed E-state index contributed by atoms with van der Waals surface area (Å²) < 4.78 is 0. The number of thioether (sulfide) groups is 1. The first-order chi connectivity index (χ1) is 8.04. The molecule has 1 rings (SSSR count). The van der Waals surface area contributed by atoms with Crippen LogP contribution in [0.25, 0.3) is 0 Å². The summed E-state index contributed by atoms with van der Waals surface area (Å²) in [5.41, 5.74) is 1.75. The van der Waals surface area contributed by atoms with Crippen molar-refractivity contribution >= 4 is 11.8 Å². The van der Waals surface area contributed by atoms with E-state index in [0.29, 0.717) is 11.5 Å². The topological polar surface area (TPSA) is 12.0 Å². The summed E-state index contributed by atoms with van der Waals surface area (Å²) in [6.45, 7) is 10.2. The summed E-state index contributed by atoms with van der Waals surface area (Å²) in [6, 6.07) is 11.3. The first-order valence-corrected chi connectivity index (χ1v) is 7.54. The summed E-state index contributed by atoms with van der Waals surface area (Å²) in [5.74, 6) is 2.28. The van der Waals surface area contributed by atoms with Crippen LogP contribution in [-0.4, -0.2) is 18.3 Å². The highest BCUT2D eigenvalue weighted by molar-refractivity contribution is 7.98. The molecule has 0 fully saturated rings. The molecule has 1 aromatic rings. The molecule has 0 aromatic heterocycles. The zero-order chi connectivity index (χ0) is 12.7. The van der Waals surface area contributed by atoms with Crippen molar-refractivity contribution in [2.45, 2.75) is 39.5 Å². The smallest absolute Gasteiger partial charge is 0.0206 e. The third-order valence-electron chi connectivity index (χ3n) is 2.89. The molecular formula is C15H25NS. The SMILES string of the molecule is CCNC(CSCc1ccccc1)C(C)(C)C. The van der Waals surface area contributed by atoms with Crippen LogP contribution in [-0.2, 0) is 5.75 Å². The minimum Gasteiger partial charge on any atom is -0.313 e. The number of nitrogens with one attached hydrogen (secondary N) is 1. The fraction of sp³-hybridized carbons (Fsp3) is 0.600. The molecule has 0 amide bonds. The maximum absolute atomic E-state index is 3.59. The molecule has 0 saturated carbocycles. The van der Waals surface area contributed by atoms with Gasteiger partial charge >= 0.3 is 0 Å². The molecule has 2 heteroatoms. The molecule has 0 heterocycles. The van der Waals surface area contributed by atoms with Crippen LogP contribution in [0, 0.1) is 5.41 Å². The van der Waals surface area contributed by atoms with Crippen LogP contribution in [0.5, 0.6) is 0 Å². The first-order valence-electron chi connectivity index (χ1n) is 6.39. The minimum atomic E-state index is 0.333. The molecule has 1 atom stereocenters. The maximum atomic E-state index is 3.59. The number of benzene rings is 1. The summed E-state index contributed by atoms with van der Waals surface area (Å²) in [6.07, 6.45) is 0. The van der Waals surface area contributed by atoms with Gasteiger partial charge in [0.15, 0.2) is 0 Å². The normalized spacial score (nSPS) is 13.6. The fourth-order valence-electron chi connectivity index (χ4n) is 1.73. The molecule has 1 nitrogen and oxygen atoms in total. The second kappa shape index (κ2) is 7.07. The van der Waals surface area contributed by atoms with E-state index in [0.717, 1.165) is 12.3 Å². The van der Waals surface area contributed by atoms with Gasteiger partial charge in [-0.15, -0.1) is 0 Å². The van der Waals surface area contributed by atoms with Gasteiger partial charge in [0.1, 0.15) is 0 Å². The largest absolute Gasteiger partial charge is 0.313 e. The van der Waals surface area contributed by atoms with E-state index in [1.165, 1.54) is 11.3 Å². The lowest BCUT2D eigenvalue weighted by Crippen LogP contribution is -2.42. The predicted octanol–water partition coefficient (Wildman–Crippen LogP) is 3.94. The molecule has 0 radical (unpaired) electrons. The Hall–Kier alpha value is -0.470. The number of rotatable bonds is 6. The van der Waals surface area contributed by atoms with Crippen LogP contribution >= 0.6 is 11.8 Å². The van der Waals surface area contributed by atoms with Gasteiger partial charge < -0.3 is 5.32 Å². The van der Waals surface area contributed by atoms with Gasteiger partial charge in [0.25, 0.3) is 0 Å². The molecule has 17 heavy (non-hydrogen) atoms. The van der Waals surface area contributed by atoms with E-state index >= 15 is 0 Å². The summed E-state index contributed by atoms with van der Waals surface area (Å²) in [4.78, 5) is 0. The van der Waals surface area contributed by atoms with Crippen LogP contribution < -0.4 is 5.32 Å². The van der Waals surface area contributed by atoms with E-state index in [4.69, 9.17) is 0 Å². The monoisotopic (exact) mass is 251 g/mol. The van der Waals surface area contributed by atoms with E-state index in [9.17, 15) is 0 Å². The van der Waals surface area contributed by atoms with Crippen molar-refractivity contribution in [1.29, 1.82) is 0 Å². The van der Waals surface area contributed by atoms with Crippen molar-refractivity contribution in [3.05, 3.63) is 35.9 Å². The summed E-state index contributed by atoms with van der Waals surface area (Å²) in [7, 11) is 0. The molecule has 0 aliphatic carbocycles. The Morgan fingerprint density at radius 2 is 1.82 bits per heavy atom. The van der Waals surface area contributed by atoms with E-state index in [1.54, 1.807) is 0 Å². The maximum Gasteiger partial charge on any atom is 0.0206 e. The van der Waals surface area contributed by atoms with E-state index in [1.807, 2.05) is 11.8 Å². The average Bonchev–Trinajstić information content (AvgIpc) is 2.28. The highest BCUT2D eigenvalue weighted by atomic mass is 32.2. The van der Waals surface area contributed by atoms with Crippen LogP contribution in [0.15, 0.2) is 30.3 Å². The minimum absolute atomic E-state index is 0.333. The van der Waals surface area contributed by atoms with Crippen molar-refractivity contribution in [3.8, 4) is 0 Å². The van der Waals surface area contributed by atoms with Gasteiger partial charge in [0.2, 0.25) is 0 Å². The standard InChI is InChI=1S/C15H25NS/c1-5-16-14(15(2,3)4)12-17-11-13-9-7-6-8-10-13/h6-10,14,16H,5,11-12H2,1-4H3. The van der Waals surface area contributed by atoms with Gasteiger partial charge in [-0.05, 0) is 17.5 Å². The molecule has 1 N–H and O–H groups in total.